The summed E-state index contributed by atoms with van der Waals surface area (Å²) in [5.74, 6) is 0. The van der Waals surface area contributed by atoms with Crippen molar-refractivity contribution in [2.45, 2.75) is 0 Å². The molecule has 8 aromatic rings. The van der Waals surface area contributed by atoms with E-state index in [1.807, 2.05) is 40.9 Å². The topological polar surface area (TPSA) is 23.8 Å². The zero-order valence-corrected chi connectivity index (χ0v) is 23.0. The van der Waals surface area contributed by atoms with Crippen molar-refractivity contribution in [1.29, 1.82) is 5.26 Å². The van der Waals surface area contributed by atoms with Gasteiger partial charge in [-0.2, -0.15) is 5.26 Å². The summed E-state index contributed by atoms with van der Waals surface area (Å²) in [6.45, 7) is 0. The summed E-state index contributed by atoms with van der Waals surface area (Å²) in [5, 5.41) is 15.1. The number of rotatable bonds is 3. The van der Waals surface area contributed by atoms with Crippen molar-refractivity contribution in [1.82, 2.24) is 0 Å². The van der Waals surface area contributed by atoms with Crippen molar-refractivity contribution in [2.75, 3.05) is 0 Å². The standard InChI is InChI=1S/C37H21NS2/c38-22-24-8-1-2-9-28(24)26-18-25(23-16-17-35-32(21-23)30-10-3-5-13-33(30)39-35)19-27(20-26)29-12-7-15-36-37(29)31-11-4-6-14-34(31)40-36/h1-21H. The number of fused-ring (bicyclic) bond motifs is 6. The van der Waals surface area contributed by atoms with Crippen LogP contribution in [-0.4, -0.2) is 0 Å². The lowest BCUT2D eigenvalue weighted by atomic mass is 9.90. The molecule has 0 saturated heterocycles. The van der Waals surface area contributed by atoms with Crippen LogP contribution in [0.4, 0.5) is 0 Å². The summed E-state index contributed by atoms with van der Waals surface area (Å²) in [7, 11) is 0. The Kier molecular flexibility index (Phi) is 5.31. The van der Waals surface area contributed by atoms with Crippen molar-refractivity contribution < 1.29 is 0 Å². The van der Waals surface area contributed by atoms with E-state index in [9.17, 15) is 5.26 Å². The first-order valence-electron chi connectivity index (χ1n) is 13.2. The van der Waals surface area contributed by atoms with Crippen molar-refractivity contribution >= 4 is 63.0 Å². The molecule has 0 aliphatic heterocycles. The largest absolute Gasteiger partial charge is 0.192 e. The van der Waals surface area contributed by atoms with Crippen molar-refractivity contribution in [3.8, 4) is 39.4 Å². The van der Waals surface area contributed by atoms with Gasteiger partial charge in [0.25, 0.3) is 0 Å². The minimum atomic E-state index is 0.684. The molecule has 0 fully saturated rings. The monoisotopic (exact) mass is 543 g/mol. The smallest absolute Gasteiger partial charge is 0.0998 e. The highest BCUT2D eigenvalue weighted by atomic mass is 32.1. The van der Waals surface area contributed by atoms with Gasteiger partial charge in [0.05, 0.1) is 11.6 Å². The molecule has 1 nitrogen and oxygen atoms in total. The minimum Gasteiger partial charge on any atom is -0.192 e. The van der Waals surface area contributed by atoms with Crippen LogP contribution in [-0.2, 0) is 0 Å². The first-order valence-corrected chi connectivity index (χ1v) is 14.9. The Labute approximate surface area is 239 Å². The van der Waals surface area contributed by atoms with Crippen LogP contribution in [0.5, 0.6) is 0 Å². The van der Waals surface area contributed by atoms with Crippen LogP contribution in [0.1, 0.15) is 5.56 Å². The normalized spacial score (nSPS) is 11.5. The van der Waals surface area contributed by atoms with E-state index in [1.165, 1.54) is 51.5 Å². The maximum Gasteiger partial charge on any atom is 0.0998 e. The van der Waals surface area contributed by atoms with Crippen LogP contribution in [0, 0.1) is 11.3 Å². The molecule has 0 radical (unpaired) electrons. The van der Waals surface area contributed by atoms with Gasteiger partial charge in [-0.25, -0.2) is 0 Å². The fraction of sp³-hybridized carbons (Fsp3) is 0. The molecule has 0 atom stereocenters. The van der Waals surface area contributed by atoms with Crippen LogP contribution in [0.3, 0.4) is 0 Å². The molecule has 40 heavy (non-hydrogen) atoms. The Morgan fingerprint density at radius 1 is 0.425 bits per heavy atom. The van der Waals surface area contributed by atoms with Crippen LogP contribution >= 0.6 is 22.7 Å². The molecule has 6 aromatic carbocycles. The molecule has 0 amide bonds. The molecule has 186 valence electrons. The summed E-state index contributed by atoms with van der Waals surface area (Å²) in [5.41, 5.74) is 7.39. The summed E-state index contributed by atoms with van der Waals surface area (Å²) in [6, 6.07) is 47.8. The maximum absolute atomic E-state index is 9.93. The van der Waals surface area contributed by atoms with E-state index in [-0.39, 0.29) is 0 Å². The predicted molar refractivity (Wildman–Crippen MR) is 173 cm³/mol. The Balaban J connectivity index is 1.42. The lowest BCUT2D eigenvalue weighted by molar-refractivity contribution is 1.48. The Bertz CT molecular complexity index is 2290. The van der Waals surface area contributed by atoms with Crippen LogP contribution in [0.2, 0.25) is 0 Å². The third-order valence-corrected chi connectivity index (χ3v) is 10.0. The second-order valence-corrected chi connectivity index (χ2v) is 12.2. The number of thiophene rings is 2. The highest BCUT2D eigenvalue weighted by molar-refractivity contribution is 7.26. The molecule has 3 heteroatoms. The van der Waals surface area contributed by atoms with Crippen LogP contribution < -0.4 is 0 Å². The number of hydrogen-bond acceptors (Lipinski definition) is 3. The third-order valence-electron chi connectivity index (χ3n) is 7.72. The molecular formula is C37H21NS2. The lowest BCUT2D eigenvalue weighted by Gasteiger charge is -2.13. The zero-order chi connectivity index (χ0) is 26.6. The molecule has 0 bridgehead atoms. The molecule has 0 unspecified atom stereocenters. The van der Waals surface area contributed by atoms with Crippen molar-refractivity contribution in [2.24, 2.45) is 0 Å². The zero-order valence-electron chi connectivity index (χ0n) is 21.4. The number of hydrogen-bond donors (Lipinski definition) is 0. The first-order chi connectivity index (χ1) is 19.8. The van der Waals surface area contributed by atoms with Gasteiger partial charge in [-0.1, -0.05) is 72.8 Å². The van der Waals surface area contributed by atoms with Crippen LogP contribution in [0.15, 0.2) is 127 Å². The second kappa shape index (κ2) is 9.17. The lowest BCUT2D eigenvalue weighted by Crippen LogP contribution is -1.89. The molecule has 0 saturated carbocycles. The van der Waals surface area contributed by atoms with E-state index in [0.29, 0.717) is 5.56 Å². The predicted octanol–water partition coefficient (Wildman–Crippen LogP) is 11.3. The van der Waals surface area contributed by atoms with E-state index in [4.69, 9.17) is 0 Å². The average molecular weight is 544 g/mol. The van der Waals surface area contributed by atoms with E-state index >= 15 is 0 Å². The van der Waals surface area contributed by atoms with Gasteiger partial charge in [0, 0.05) is 40.3 Å². The van der Waals surface area contributed by atoms with Gasteiger partial charge in [0.1, 0.15) is 0 Å². The van der Waals surface area contributed by atoms with Gasteiger partial charge in [-0.15, -0.1) is 22.7 Å². The number of nitrogens with zero attached hydrogens (tertiary/aromatic N) is 1. The number of nitriles is 1. The van der Waals surface area contributed by atoms with E-state index in [1.54, 1.807) is 0 Å². The van der Waals surface area contributed by atoms with E-state index in [0.717, 1.165) is 22.3 Å². The fourth-order valence-corrected chi connectivity index (χ4v) is 8.08. The molecule has 8 rings (SSSR count). The highest BCUT2D eigenvalue weighted by Crippen LogP contribution is 2.43. The molecule has 2 aromatic heterocycles. The van der Waals surface area contributed by atoms with Gasteiger partial charge in [0.15, 0.2) is 0 Å². The Morgan fingerprint density at radius 3 is 1.88 bits per heavy atom. The Hall–Kier alpha value is -4.75. The minimum absolute atomic E-state index is 0.684. The molecule has 0 aliphatic carbocycles. The van der Waals surface area contributed by atoms with Crippen molar-refractivity contribution in [3.05, 3.63) is 133 Å². The average Bonchev–Trinajstić information content (AvgIpc) is 3.59. The molecule has 0 N–H and O–H groups in total. The molecule has 2 heterocycles. The summed E-state index contributed by atoms with van der Waals surface area (Å²) in [6.07, 6.45) is 0. The fourth-order valence-electron chi connectivity index (χ4n) is 5.86. The highest BCUT2D eigenvalue weighted by Gasteiger charge is 2.15. The van der Waals surface area contributed by atoms with Gasteiger partial charge >= 0.3 is 0 Å². The quantitative estimate of drug-likeness (QED) is 0.217. The van der Waals surface area contributed by atoms with Crippen LogP contribution in [0.25, 0.3) is 73.7 Å². The van der Waals surface area contributed by atoms with E-state index in [2.05, 4.69) is 115 Å². The first kappa shape index (κ1) is 23.2. The van der Waals surface area contributed by atoms with Crippen molar-refractivity contribution in [3.63, 3.8) is 0 Å². The second-order valence-electron chi connectivity index (χ2n) is 10.0. The summed E-state index contributed by atoms with van der Waals surface area (Å²) in [4.78, 5) is 0. The third kappa shape index (κ3) is 3.66. The van der Waals surface area contributed by atoms with Gasteiger partial charge < -0.3 is 0 Å². The summed E-state index contributed by atoms with van der Waals surface area (Å²) < 4.78 is 5.19. The molecular weight excluding hydrogens is 523 g/mol. The van der Waals surface area contributed by atoms with Gasteiger partial charge in [-0.3, -0.25) is 0 Å². The SMILES string of the molecule is N#Cc1ccccc1-c1cc(-c2ccc3sc4ccccc4c3c2)cc(-c2cccc3sc4ccccc4c23)c1. The Morgan fingerprint density at radius 2 is 1.02 bits per heavy atom. The maximum atomic E-state index is 9.93. The molecule has 0 aliphatic rings. The molecule has 0 spiro atoms. The van der Waals surface area contributed by atoms with Gasteiger partial charge in [0.2, 0.25) is 0 Å². The van der Waals surface area contributed by atoms with Gasteiger partial charge in [-0.05, 0) is 88.0 Å². The van der Waals surface area contributed by atoms with E-state index < -0.39 is 0 Å². The summed E-state index contributed by atoms with van der Waals surface area (Å²) >= 11 is 3.68. The number of benzene rings is 6.